The number of carbonyl (C=O) groups is 1. The number of amides is 1. The van der Waals surface area contributed by atoms with Crippen LogP contribution in [0.2, 0.25) is 0 Å². The Labute approximate surface area is 192 Å². The fraction of sp³-hybridized carbons (Fsp3) is 0.208. The van der Waals surface area contributed by atoms with Crippen LogP contribution in [0.25, 0.3) is 0 Å². The lowest BCUT2D eigenvalue weighted by atomic mass is 10.1. The molecule has 0 aromatic heterocycles. The topological polar surface area (TPSA) is 44.8 Å². The number of hydrogen-bond donors (Lipinski definition) is 1. The number of anilines is 3. The molecule has 34 heavy (non-hydrogen) atoms. The zero-order valence-electron chi connectivity index (χ0n) is 18.0. The third kappa shape index (κ3) is 4.35. The molecule has 0 saturated carbocycles. The largest absolute Gasteiger partial charge is 0.496 e. The highest BCUT2D eigenvalue weighted by Gasteiger charge is 2.30. The number of rotatable bonds is 5. The Kier molecular flexibility index (Phi) is 6.58. The first-order chi connectivity index (χ1) is 16.3. The van der Waals surface area contributed by atoms with E-state index in [1.165, 1.54) is 7.11 Å². The Bertz CT molecular complexity index is 1180. The molecule has 10 heteroatoms. The van der Waals surface area contributed by atoms with Crippen molar-refractivity contribution in [3.8, 4) is 5.75 Å². The van der Waals surface area contributed by atoms with Crippen LogP contribution in [0.1, 0.15) is 10.4 Å². The number of benzene rings is 3. The molecule has 1 amide bonds. The van der Waals surface area contributed by atoms with Gasteiger partial charge >= 0.3 is 0 Å². The SMILES string of the molecule is COc1ccccc1C(=O)Nc1ccc(N2CCN(c3c(F)c(F)c(F)c(F)c3F)CC2)cc1. The van der Waals surface area contributed by atoms with Crippen molar-refractivity contribution in [3.63, 3.8) is 0 Å². The predicted octanol–water partition coefficient (Wildman–Crippen LogP) is 4.97. The molecule has 4 rings (SSSR count). The van der Waals surface area contributed by atoms with Crippen molar-refractivity contribution in [1.29, 1.82) is 0 Å². The standard InChI is InChI=1S/C24H20F5N3O2/c1-34-17-5-3-2-4-16(17)24(33)30-14-6-8-15(9-7-14)31-10-12-32(13-11-31)23-21(28)19(26)18(25)20(27)22(23)29/h2-9H,10-13H2,1H3,(H,30,33). The van der Waals surface area contributed by atoms with Crippen LogP contribution in [0.15, 0.2) is 48.5 Å². The summed E-state index contributed by atoms with van der Waals surface area (Å²) >= 11 is 0. The van der Waals surface area contributed by atoms with E-state index in [4.69, 9.17) is 4.74 Å². The number of carbonyl (C=O) groups excluding carboxylic acids is 1. The number of nitrogens with one attached hydrogen (secondary N) is 1. The van der Waals surface area contributed by atoms with Gasteiger partial charge in [0.05, 0.1) is 12.7 Å². The molecule has 1 heterocycles. The maximum absolute atomic E-state index is 14.1. The van der Waals surface area contributed by atoms with Gasteiger partial charge < -0.3 is 19.9 Å². The predicted molar refractivity (Wildman–Crippen MR) is 118 cm³/mol. The van der Waals surface area contributed by atoms with Crippen LogP contribution in [0.4, 0.5) is 39.0 Å². The summed E-state index contributed by atoms with van der Waals surface area (Å²) in [5.74, 6) is -9.63. The van der Waals surface area contributed by atoms with Gasteiger partial charge in [-0.1, -0.05) is 12.1 Å². The van der Waals surface area contributed by atoms with Crippen molar-refractivity contribution in [2.75, 3.05) is 48.4 Å². The van der Waals surface area contributed by atoms with E-state index >= 15 is 0 Å². The van der Waals surface area contributed by atoms with Crippen molar-refractivity contribution in [1.82, 2.24) is 0 Å². The lowest BCUT2D eigenvalue weighted by Crippen LogP contribution is -2.47. The summed E-state index contributed by atoms with van der Waals surface area (Å²) in [6.45, 7) is 0.716. The van der Waals surface area contributed by atoms with Crippen molar-refractivity contribution in [2.24, 2.45) is 0 Å². The molecule has 0 spiro atoms. The summed E-state index contributed by atoms with van der Waals surface area (Å²) < 4.78 is 73.8. The number of nitrogens with zero attached hydrogens (tertiary/aromatic N) is 2. The molecule has 178 valence electrons. The van der Waals surface area contributed by atoms with E-state index in [2.05, 4.69) is 5.32 Å². The summed E-state index contributed by atoms with van der Waals surface area (Å²) in [5.41, 5.74) is 0.816. The van der Waals surface area contributed by atoms with Gasteiger partial charge in [-0.3, -0.25) is 4.79 Å². The fourth-order valence-electron chi connectivity index (χ4n) is 3.85. The summed E-state index contributed by atoms with van der Waals surface area (Å²) in [7, 11) is 1.48. The van der Waals surface area contributed by atoms with E-state index in [0.29, 0.717) is 30.1 Å². The van der Waals surface area contributed by atoms with E-state index in [0.717, 1.165) is 10.6 Å². The van der Waals surface area contributed by atoms with Crippen molar-refractivity contribution >= 4 is 23.0 Å². The maximum Gasteiger partial charge on any atom is 0.259 e. The summed E-state index contributed by atoms with van der Waals surface area (Å²) in [5, 5.41) is 2.79. The molecule has 1 saturated heterocycles. The third-order valence-corrected chi connectivity index (χ3v) is 5.62. The van der Waals surface area contributed by atoms with Crippen LogP contribution in [-0.2, 0) is 0 Å². The molecule has 1 N–H and O–H groups in total. The minimum atomic E-state index is -2.17. The Morgan fingerprint density at radius 1 is 0.765 bits per heavy atom. The number of halogens is 5. The van der Waals surface area contributed by atoms with E-state index in [9.17, 15) is 26.7 Å². The Hall–Kier alpha value is -3.82. The minimum absolute atomic E-state index is 0.0602. The highest BCUT2D eigenvalue weighted by atomic mass is 19.2. The first kappa shape index (κ1) is 23.3. The second-order valence-electron chi connectivity index (χ2n) is 7.59. The van der Waals surface area contributed by atoms with Crippen LogP contribution in [-0.4, -0.2) is 39.2 Å². The number of hydrogen-bond acceptors (Lipinski definition) is 4. The Balaban J connectivity index is 1.42. The first-order valence-electron chi connectivity index (χ1n) is 10.4. The zero-order valence-corrected chi connectivity index (χ0v) is 18.0. The molecular formula is C24H20F5N3O2. The molecule has 1 aliphatic heterocycles. The van der Waals surface area contributed by atoms with Gasteiger partial charge in [0.25, 0.3) is 5.91 Å². The Morgan fingerprint density at radius 2 is 1.29 bits per heavy atom. The van der Waals surface area contributed by atoms with Gasteiger partial charge in [-0.25, -0.2) is 22.0 Å². The molecule has 0 unspecified atom stereocenters. The quantitative estimate of drug-likeness (QED) is 0.320. The number of para-hydroxylation sites is 1. The van der Waals surface area contributed by atoms with Gasteiger partial charge in [-0.2, -0.15) is 0 Å². The molecule has 0 bridgehead atoms. The summed E-state index contributed by atoms with van der Waals surface area (Å²) in [4.78, 5) is 15.6. The lowest BCUT2D eigenvalue weighted by Gasteiger charge is -2.37. The van der Waals surface area contributed by atoms with Gasteiger partial charge in [0, 0.05) is 37.6 Å². The molecule has 1 aliphatic rings. The van der Waals surface area contributed by atoms with Crippen molar-refractivity contribution < 1.29 is 31.5 Å². The third-order valence-electron chi connectivity index (χ3n) is 5.62. The molecule has 0 aliphatic carbocycles. The highest BCUT2D eigenvalue weighted by Crippen LogP contribution is 2.31. The second kappa shape index (κ2) is 9.58. The highest BCUT2D eigenvalue weighted by molar-refractivity contribution is 6.06. The summed E-state index contributed by atoms with van der Waals surface area (Å²) in [6.07, 6.45) is 0. The molecule has 1 fully saturated rings. The normalized spacial score (nSPS) is 13.7. The lowest BCUT2D eigenvalue weighted by molar-refractivity contribution is 0.102. The number of methoxy groups -OCH3 is 1. The van der Waals surface area contributed by atoms with E-state index in [1.54, 1.807) is 48.5 Å². The van der Waals surface area contributed by atoms with Crippen molar-refractivity contribution in [2.45, 2.75) is 0 Å². The van der Waals surface area contributed by atoms with Gasteiger partial charge in [-0.05, 0) is 36.4 Å². The van der Waals surface area contributed by atoms with Crippen LogP contribution >= 0.6 is 0 Å². The molecule has 3 aromatic rings. The fourth-order valence-corrected chi connectivity index (χ4v) is 3.85. The van der Waals surface area contributed by atoms with Gasteiger partial charge in [0.2, 0.25) is 5.82 Å². The van der Waals surface area contributed by atoms with Gasteiger partial charge in [-0.15, -0.1) is 0 Å². The average Bonchev–Trinajstić information content (AvgIpc) is 2.87. The molecule has 5 nitrogen and oxygen atoms in total. The van der Waals surface area contributed by atoms with Gasteiger partial charge in [0.1, 0.15) is 11.4 Å². The zero-order chi connectivity index (χ0) is 24.4. The molecule has 3 aromatic carbocycles. The van der Waals surface area contributed by atoms with Crippen LogP contribution < -0.4 is 19.9 Å². The molecule has 0 radical (unpaired) electrons. The number of piperazine rings is 1. The molecular weight excluding hydrogens is 457 g/mol. The first-order valence-corrected chi connectivity index (χ1v) is 10.4. The van der Waals surface area contributed by atoms with Crippen LogP contribution in [0.3, 0.4) is 0 Å². The van der Waals surface area contributed by atoms with E-state index in [-0.39, 0.29) is 19.0 Å². The smallest absolute Gasteiger partial charge is 0.259 e. The molecule has 0 atom stereocenters. The van der Waals surface area contributed by atoms with E-state index < -0.39 is 34.8 Å². The van der Waals surface area contributed by atoms with Crippen LogP contribution in [0, 0.1) is 29.1 Å². The van der Waals surface area contributed by atoms with Crippen LogP contribution in [0.5, 0.6) is 5.75 Å². The van der Waals surface area contributed by atoms with Crippen molar-refractivity contribution in [3.05, 3.63) is 83.2 Å². The number of ether oxygens (including phenoxy) is 1. The minimum Gasteiger partial charge on any atom is -0.496 e. The Morgan fingerprint density at radius 3 is 1.88 bits per heavy atom. The van der Waals surface area contributed by atoms with E-state index in [1.807, 2.05) is 4.90 Å². The monoisotopic (exact) mass is 477 g/mol. The van der Waals surface area contributed by atoms with Gasteiger partial charge in [0.15, 0.2) is 23.3 Å². The summed E-state index contributed by atoms with van der Waals surface area (Å²) in [6, 6.07) is 13.8. The maximum atomic E-state index is 14.1. The second-order valence-corrected chi connectivity index (χ2v) is 7.59. The average molecular weight is 477 g/mol.